The molecule has 0 spiro atoms. The molecule has 1 aromatic heterocycles. The lowest BCUT2D eigenvalue weighted by Crippen LogP contribution is -2.48. The fourth-order valence-corrected chi connectivity index (χ4v) is 3.92. The summed E-state index contributed by atoms with van der Waals surface area (Å²) in [6, 6.07) is 2.13. The van der Waals surface area contributed by atoms with Crippen LogP contribution in [0, 0.1) is 0 Å². The van der Waals surface area contributed by atoms with Crippen LogP contribution >= 0.6 is 11.3 Å². The van der Waals surface area contributed by atoms with E-state index in [4.69, 9.17) is 9.47 Å². The number of hydrogen-bond donors (Lipinski definition) is 0. The number of rotatable bonds is 2. The molecular weight excluding hydrogens is 328 g/mol. The summed E-state index contributed by atoms with van der Waals surface area (Å²) < 4.78 is 10.7. The summed E-state index contributed by atoms with van der Waals surface area (Å²) in [4.78, 5) is 27.9. The molecule has 6 nitrogen and oxygen atoms in total. The summed E-state index contributed by atoms with van der Waals surface area (Å²) in [5.74, 6) is 0. The molecular formula is C17H24N2O4S. The van der Waals surface area contributed by atoms with Crippen molar-refractivity contribution in [2.24, 2.45) is 0 Å². The number of carbonyl (C=O) groups excluding carboxylic acids is 2. The van der Waals surface area contributed by atoms with Crippen LogP contribution in [0.25, 0.3) is 0 Å². The van der Waals surface area contributed by atoms with Gasteiger partial charge in [0, 0.05) is 19.1 Å². The van der Waals surface area contributed by atoms with Crippen LogP contribution < -0.4 is 0 Å². The van der Waals surface area contributed by atoms with Crippen LogP contribution in [0.2, 0.25) is 0 Å². The summed E-state index contributed by atoms with van der Waals surface area (Å²) in [6.07, 6.45) is 0.963. The second-order valence-corrected chi connectivity index (χ2v) is 8.04. The predicted octanol–water partition coefficient (Wildman–Crippen LogP) is 3.64. The van der Waals surface area contributed by atoms with Gasteiger partial charge in [0.25, 0.3) is 0 Å². The number of nitrogens with zero attached hydrogens (tertiary/aromatic N) is 2. The van der Waals surface area contributed by atoms with Crippen LogP contribution in [0.3, 0.4) is 0 Å². The van der Waals surface area contributed by atoms with E-state index in [1.54, 1.807) is 16.2 Å². The van der Waals surface area contributed by atoms with Crippen molar-refractivity contribution in [3.05, 3.63) is 22.4 Å². The van der Waals surface area contributed by atoms with Crippen molar-refractivity contribution in [3.8, 4) is 0 Å². The molecule has 0 radical (unpaired) electrons. The van der Waals surface area contributed by atoms with Gasteiger partial charge in [-0.15, -0.1) is 0 Å². The molecule has 2 saturated heterocycles. The van der Waals surface area contributed by atoms with Gasteiger partial charge in [0.05, 0.1) is 6.04 Å². The highest BCUT2D eigenvalue weighted by Crippen LogP contribution is 2.34. The van der Waals surface area contributed by atoms with Crippen molar-refractivity contribution in [2.45, 2.75) is 51.3 Å². The Balaban J connectivity index is 1.61. The maximum atomic E-state index is 12.2. The standard InChI is InChI=1S/C17H24N2O4S/c1-17(2,3)23-15(20)18-7-4-13(5-8-18)19-14(10-22-16(19)21)12-6-9-24-11-12/h6,9,11,13-14H,4-5,7-8,10H2,1-3H3. The molecule has 0 aromatic carbocycles. The third-order valence-electron chi connectivity index (χ3n) is 4.35. The lowest BCUT2D eigenvalue weighted by Gasteiger charge is -2.38. The van der Waals surface area contributed by atoms with Gasteiger partial charge in [-0.3, -0.25) is 4.90 Å². The number of hydrogen-bond acceptors (Lipinski definition) is 5. The smallest absolute Gasteiger partial charge is 0.410 e. The average Bonchev–Trinajstić information content (AvgIpc) is 3.15. The van der Waals surface area contributed by atoms with E-state index >= 15 is 0 Å². The van der Waals surface area contributed by atoms with Gasteiger partial charge < -0.3 is 14.4 Å². The fraction of sp³-hybridized carbons (Fsp3) is 0.647. The van der Waals surface area contributed by atoms with Gasteiger partial charge in [-0.1, -0.05) is 0 Å². The zero-order valence-electron chi connectivity index (χ0n) is 14.4. The van der Waals surface area contributed by atoms with Crippen LogP contribution in [0.15, 0.2) is 16.8 Å². The van der Waals surface area contributed by atoms with Crippen molar-refractivity contribution in [1.82, 2.24) is 9.80 Å². The number of thiophene rings is 1. The summed E-state index contributed by atoms with van der Waals surface area (Å²) in [5, 5.41) is 4.08. The minimum Gasteiger partial charge on any atom is -0.447 e. The molecule has 3 rings (SSSR count). The molecule has 2 amide bonds. The fourth-order valence-electron chi connectivity index (χ4n) is 3.21. The average molecular weight is 352 g/mol. The number of ether oxygens (including phenoxy) is 2. The molecule has 7 heteroatoms. The third kappa shape index (κ3) is 3.66. The number of carbonyl (C=O) groups is 2. The Morgan fingerprint density at radius 2 is 2.04 bits per heavy atom. The van der Waals surface area contributed by atoms with Crippen molar-refractivity contribution in [1.29, 1.82) is 0 Å². The van der Waals surface area contributed by atoms with E-state index in [1.807, 2.05) is 37.1 Å². The zero-order valence-corrected chi connectivity index (χ0v) is 15.2. The third-order valence-corrected chi connectivity index (χ3v) is 5.05. The summed E-state index contributed by atoms with van der Waals surface area (Å²) in [6.45, 7) is 7.19. The lowest BCUT2D eigenvalue weighted by atomic mass is 10.0. The Bertz CT molecular complexity index is 588. The lowest BCUT2D eigenvalue weighted by molar-refractivity contribution is 0.0157. The molecule has 1 atom stereocenters. The van der Waals surface area contributed by atoms with Crippen LogP contribution in [0.4, 0.5) is 9.59 Å². The quantitative estimate of drug-likeness (QED) is 0.815. The van der Waals surface area contributed by atoms with E-state index in [-0.39, 0.29) is 24.3 Å². The topological polar surface area (TPSA) is 59.1 Å². The Morgan fingerprint density at radius 1 is 1.33 bits per heavy atom. The molecule has 2 aliphatic rings. The molecule has 0 bridgehead atoms. The minimum atomic E-state index is -0.489. The second-order valence-electron chi connectivity index (χ2n) is 7.26. The van der Waals surface area contributed by atoms with Crippen LogP contribution in [-0.4, -0.2) is 53.3 Å². The Morgan fingerprint density at radius 3 is 2.62 bits per heavy atom. The summed E-state index contributed by atoms with van der Waals surface area (Å²) in [5.41, 5.74) is 0.636. The van der Waals surface area contributed by atoms with E-state index in [1.165, 1.54) is 0 Å². The molecule has 3 heterocycles. The van der Waals surface area contributed by atoms with Crippen molar-refractivity contribution in [2.75, 3.05) is 19.7 Å². The number of amides is 2. The predicted molar refractivity (Wildman–Crippen MR) is 91.1 cm³/mol. The Labute approximate surface area is 146 Å². The molecule has 2 aliphatic heterocycles. The van der Waals surface area contributed by atoms with E-state index < -0.39 is 5.60 Å². The molecule has 0 N–H and O–H groups in total. The first-order chi connectivity index (χ1) is 11.3. The molecule has 0 aliphatic carbocycles. The van der Waals surface area contributed by atoms with Crippen molar-refractivity contribution < 1.29 is 19.1 Å². The number of piperidine rings is 1. The summed E-state index contributed by atoms with van der Waals surface area (Å²) in [7, 11) is 0. The molecule has 0 saturated carbocycles. The van der Waals surface area contributed by atoms with Gasteiger partial charge in [0.1, 0.15) is 12.2 Å². The normalized spacial score (nSPS) is 22.6. The Kier molecular flexibility index (Phi) is 4.71. The first-order valence-electron chi connectivity index (χ1n) is 8.30. The second kappa shape index (κ2) is 6.63. The van der Waals surface area contributed by atoms with E-state index in [9.17, 15) is 9.59 Å². The highest BCUT2D eigenvalue weighted by Gasteiger charge is 2.41. The molecule has 2 fully saturated rings. The van der Waals surface area contributed by atoms with Gasteiger partial charge in [-0.2, -0.15) is 11.3 Å². The van der Waals surface area contributed by atoms with Gasteiger partial charge in [-0.05, 0) is 56.0 Å². The van der Waals surface area contributed by atoms with Crippen LogP contribution in [-0.2, 0) is 9.47 Å². The zero-order chi connectivity index (χ0) is 17.3. The van der Waals surface area contributed by atoms with Gasteiger partial charge in [0.15, 0.2) is 0 Å². The summed E-state index contributed by atoms with van der Waals surface area (Å²) >= 11 is 1.62. The first kappa shape index (κ1) is 17.1. The first-order valence-corrected chi connectivity index (χ1v) is 9.24. The number of cyclic esters (lactones) is 1. The largest absolute Gasteiger partial charge is 0.447 e. The van der Waals surface area contributed by atoms with Gasteiger partial charge >= 0.3 is 12.2 Å². The van der Waals surface area contributed by atoms with Crippen molar-refractivity contribution in [3.63, 3.8) is 0 Å². The monoisotopic (exact) mass is 352 g/mol. The van der Waals surface area contributed by atoms with E-state index in [0.29, 0.717) is 19.7 Å². The molecule has 132 valence electrons. The van der Waals surface area contributed by atoms with Gasteiger partial charge in [-0.25, -0.2) is 9.59 Å². The van der Waals surface area contributed by atoms with Gasteiger partial charge in [0.2, 0.25) is 0 Å². The molecule has 1 unspecified atom stereocenters. The minimum absolute atomic E-state index is 0.0122. The highest BCUT2D eigenvalue weighted by molar-refractivity contribution is 7.08. The Hall–Kier alpha value is -1.76. The molecule has 1 aromatic rings. The maximum Gasteiger partial charge on any atom is 0.410 e. The highest BCUT2D eigenvalue weighted by atomic mass is 32.1. The van der Waals surface area contributed by atoms with E-state index in [0.717, 1.165) is 18.4 Å². The molecule has 24 heavy (non-hydrogen) atoms. The SMILES string of the molecule is CC(C)(C)OC(=O)N1CCC(N2C(=O)OCC2c2ccsc2)CC1. The van der Waals surface area contributed by atoms with Crippen LogP contribution in [0.5, 0.6) is 0 Å². The van der Waals surface area contributed by atoms with E-state index in [2.05, 4.69) is 5.38 Å². The number of likely N-dealkylation sites (tertiary alicyclic amines) is 1. The van der Waals surface area contributed by atoms with Crippen molar-refractivity contribution >= 4 is 23.5 Å². The maximum absolute atomic E-state index is 12.2. The van der Waals surface area contributed by atoms with Crippen LogP contribution in [0.1, 0.15) is 45.2 Å².